The smallest absolute Gasteiger partial charge is 0.226 e. The molecule has 1 aromatic carbocycles. The molecule has 1 saturated heterocycles. The summed E-state index contributed by atoms with van der Waals surface area (Å²) in [5.74, 6) is 0.455. The van der Waals surface area contributed by atoms with Gasteiger partial charge in [-0.3, -0.25) is 9.69 Å². The van der Waals surface area contributed by atoms with Crippen molar-refractivity contribution in [2.24, 2.45) is 5.92 Å². The number of rotatable bonds is 2. The number of benzene rings is 1. The highest BCUT2D eigenvalue weighted by atomic mass is 16.2. The molecule has 3 rings (SSSR count). The third-order valence-corrected chi connectivity index (χ3v) is 4.30. The molecule has 2 unspecified atom stereocenters. The lowest BCUT2D eigenvalue weighted by Gasteiger charge is -2.40. The number of hydrogen-bond donors (Lipinski definition) is 0. The van der Waals surface area contributed by atoms with Crippen molar-refractivity contribution in [2.75, 3.05) is 19.6 Å². The number of carbonyl (C=O) groups excluding carboxylic acids is 1. The average Bonchev–Trinajstić information content (AvgIpc) is 2.60. The maximum absolute atomic E-state index is 12.3. The molecular formula is C17H22N2O. The lowest BCUT2D eigenvalue weighted by atomic mass is 10.1. The van der Waals surface area contributed by atoms with Crippen LogP contribution in [-0.4, -0.2) is 41.4 Å². The highest BCUT2D eigenvalue weighted by Crippen LogP contribution is 2.21. The third kappa shape index (κ3) is 2.78. The Morgan fingerprint density at radius 1 is 1.20 bits per heavy atom. The molecule has 106 valence electrons. The van der Waals surface area contributed by atoms with Crippen LogP contribution in [0.3, 0.4) is 0 Å². The summed E-state index contributed by atoms with van der Waals surface area (Å²) in [6, 6.07) is 10.8. The normalized spacial score (nSPS) is 27.2. The number of allylic oxidation sites excluding steroid dienone is 1. The highest BCUT2D eigenvalue weighted by Gasteiger charge is 2.32. The van der Waals surface area contributed by atoms with Gasteiger partial charge in [-0.15, -0.1) is 0 Å². The lowest BCUT2D eigenvalue weighted by Crippen LogP contribution is -2.54. The van der Waals surface area contributed by atoms with Crippen molar-refractivity contribution in [3.8, 4) is 0 Å². The topological polar surface area (TPSA) is 23.6 Å². The fourth-order valence-electron chi connectivity index (χ4n) is 3.12. The van der Waals surface area contributed by atoms with Gasteiger partial charge < -0.3 is 4.90 Å². The summed E-state index contributed by atoms with van der Waals surface area (Å²) < 4.78 is 0. The van der Waals surface area contributed by atoms with E-state index in [1.54, 1.807) is 0 Å². The quantitative estimate of drug-likeness (QED) is 0.770. The third-order valence-electron chi connectivity index (χ3n) is 4.30. The van der Waals surface area contributed by atoms with E-state index in [1.165, 1.54) is 5.56 Å². The molecule has 3 heteroatoms. The zero-order valence-electron chi connectivity index (χ0n) is 12.0. The first kappa shape index (κ1) is 13.4. The van der Waals surface area contributed by atoms with Gasteiger partial charge in [0.15, 0.2) is 0 Å². The summed E-state index contributed by atoms with van der Waals surface area (Å²) in [6.45, 7) is 5.78. The van der Waals surface area contributed by atoms with Crippen LogP contribution >= 0.6 is 0 Å². The molecule has 0 aromatic heterocycles. The molecule has 20 heavy (non-hydrogen) atoms. The van der Waals surface area contributed by atoms with Crippen LogP contribution in [0.2, 0.25) is 0 Å². The van der Waals surface area contributed by atoms with E-state index >= 15 is 0 Å². The van der Waals surface area contributed by atoms with Crippen LogP contribution in [0, 0.1) is 5.92 Å². The van der Waals surface area contributed by atoms with Crippen molar-refractivity contribution in [3.63, 3.8) is 0 Å². The van der Waals surface area contributed by atoms with E-state index in [-0.39, 0.29) is 12.0 Å². The van der Waals surface area contributed by atoms with E-state index in [0.29, 0.717) is 5.91 Å². The molecular weight excluding hydrogens is 248 g/mol. The molecule has 0 aliphatic carbocycles. The van der Waals surface area contributed by atoms with Crippen molar-refractivity contribution < 1.29 is 4.79 Å². The van der Waals surface area contributed by atoms with Gasteiger partial charge in [-0.05, 0) is 12.0 Å². The van der Waals surface area contributed by atoms with Crippen molar-refractivity contribution in [1.82, 2.24) is 9.80 Å². The molecule has 0 bridgehead atoms. The fraction of sp³-hybridized carbons (Fsp3) is 0.471. The van der Waals surface area contributed by atoms with Gasteiger partial charge in [0.2, 0.25) is 5.91 Å². The first-order valence-corrected chi connectivity index (χ1v) is 7.47. The minimum atomic E-state index is 0.136. The van der Waals surface area contributed by atoms with Gasteiger partial charge in [-0.25, -0.2) is 0 Å². The molecule has 2 atom stereocenters. The van der Waals surface area contributed by atoms with Gasteiger partial charge in [0.1, 0.15) is 0 Å². The standard InChI is InChI=1S/C17H22N2O/c1-14-6-5-9-16-13-18(10-11-19(16)17(14)20)12-15-7-3-2-4-8-15/h2-5,7-9,14,16H,6,10-13H2,1H3. The van der Waals surface area contributed by atoms with Crippen LogP contribution in [-0.2, 0) is 11.3 Å². The van der Waals surface area contributed by atoms with E-state index in [2.05, 4.69) is 52.3 Å². The second-order valence-electron chi connectivity index (χ2n) is 5.88. The van der Waals surface area contributed by atoms with Crippen molar-refractivity contribution in [3.05, 3.63) is 48.0 Å². The second-order valence-corrected chi connectivity index (χ2v) is 5.88. The first-order chi connectivity index (χ1) is 9.74. The van der Waals surface area contributed by atoms with Crippen LogP contribution in [0.4, 0.5) is 0 Å². The number of carbonyl (C=O) groups is 1. The minimum absolute atomic E-state index is 0.136. The van der Waals surface area contributed by atoms with E-state index < -0.39 is 0 Å². The molecule has 0 N–H and O–H groups in total. The fourth-order valence-corrected chi connectivity index (χ4v) is 3.12. The van der Waals surface area contributed by atoms with Crippen molar-refractivity contribution in [1.29, 1.82) is 0 Å². The van der Waals surface area contributed by atoms with Gasteiger partial charge in [0, 0.05) is 32.1 Å². The summed E-state index contributed by atoms with van der Waals surface area (Å²) in [7, 11) is 0. The molecule has 2 aliphatic heterocycles. The average molecular weight is 270 g/mol. The number of piperazine rings is 1. The summed E-state index contributed by atoms with van der Waals surface area (Å²) in [6.07, 6.45) is 5.28. The van der Waals surface area contributed by atoms with E-state index in [0.717, 1.165) is 32.6 Å². The van der Waals surface area contributed by atoms with Crippen LogP contribution in [0.25, 0.3) is 0 Å². The zero-order chi connectivity index (χ0) is 13.9. The maximum atomic E-state index is 12.3. The second kappa shape index (κ2) is 5.80. The minimum Gasteiger partial charge on any atom is -0.333 e. The predicted octanol–water partition coefficient (Wildman–Crippen LogP) is 2.30. The Morgan fingerprint density at radius 3 is 2.80 bits per heavy atom. The van der Waals surface area contributed by atoms with Gasteiger partial charge >= 0.3 is 0 Å². The Labute approximate surface area is 120 Å². The molecule has 2 heterocycles. The summed E-state index contributed by atoms with van der Waals surface area (Å²) >= 11 is 0. The largest absolute Gasteiger partial charge is 0.333 e. The van der Waals surface area contributed by atoms with E-state index in [4.69, 9.17) is 0 Å². The number of nitrogens with zero attached hydrogens (tertiary/aromatic N) is 2. The molecule has 1 amide bonds. The number of fused-ring (bicyclic) bond motifs is 1. The van der Waals surface area contributed by atoms with Crippen LogP contribution in [0.1, 0.15) is 18.9 Å². The van der Waals surface area contributed by atoms with Crippen LogP contribution in [0.5, 0.6) is 0 Å². The number of amides is 1. The van der Waals surface area contributed by atoms with E-state index in [9.17, 15) is 4.79 Å². The predicted molar refractivity (Wildman–Crippen MR) is 80.1 cm³/mol. The Bertz CT molecular complexity index is 497. The molecule has 0 saturated carbocycles. The summed E-state index contributed by atoms with van der Waals surface area (Å²) in [4.78, 5) is 16.8. The molecule has 0 spiro atoms. The van der Waals surface area contributed by atoms with E-state index in [1.807, 2.05) is 6.92 Å². The summed E-state index contributed by atoms with van der Waals surface area (Å²) in [5, 5.41) is 0. The zero-order valence-corrected chi connectivity index (χ0v) is 12.0. The Balaban J connectivity index is 1.67. The SMILES string of the molecule is CC1CC=CC2CN(Cc3ccccc3)CCN2C1=O. The molecule has 1 fully saturated rings. The number of hydrogen-bond acceptors (Lipinski definition) is 2. The molecule has 1 aromatic rings. The summed E-state index contributed by atoms with van der Waals surface area (Å²) in [5.41, 5.74) is 1.35. The molecule has 0 radical (unpaired) electrons. The lowest BCUT2D eigenvalue weighted by molar-refractivity contribution is -0.138. The van der Waals surface area contributed by atoms with Gasteiger partial charge in [-0.1, -0.05) is 49.4 Å². The van der Waals surface area contributed by atoms with Gasteiger partial charge in [-0.2, -0.15) is 0 Å². The van der Waals surface area contributed by atoms with Gasteiger partial charge in [0.05, 0.1) is 6.04 Å². The van der Waals surface area contributed by atoms with Crippen molar-refractivity contribution in [2.45, 2.75) is 25.9 Å². The monoisotopic (exact) mass is 270 g/mol. The van der Waals surface area contributed by atoms with Crippen LogP contribution in [0.15, 0.2) is 42.5 Å². The Hall–Kier alpha value is -1.61. The first-order valence-electron chi connectivity index (χ1n) is 7.47. The Morgan fingerprint density at radius 2 is 2.00 bits per heavy atom. The molecule has 3 nitrogen and oxygen atoms in total. The maximum Gasteiger partial charge on any atom is 0.226 e. The van der Waals surface area contributed by atoms with Crippen LogP contribution < -0.4 is 0 Å². The Kier molecular flexibility index (Phi) is 3.88. The highest BCUT2D eigenvalue weighted by molar-refractivity contribution is 5.79. The van der Waals surface area contributed by atoms with Gasteiger partial charge in [0.25, 0.3) is 0 Å². The molecule has 2 aliphatic rings. The van der Waals surface area contributed by atoms with Crippen molar-refractivity contribution >= 4 is 5.91 Å².